The van der Waals surface area contributed by atoms with Crippen molar-refractivity contribution < 1.29 is 0 Å². The van der Waals surface area contributed by atoms with Crippen LogP contribution in [0.2, 0.25) is 0 Å². The topological polar surface area (TPSA) is 12.9 Å². The van der Waals surface area contributed by atoms with E-state index in [4.69, 9.17) is 36.4 Å². The van der Waals surface area contributed by atoms with Gasteiger partial charge < -0.3 is 0 Å². The monoisotopic (exact) mass is 425 g/mol. The summed E-state index contributed by atoms with van der Waals surface area (Å²) in [5.41, 5.74) is 3.60. The number of aryl methyl sites for hydroxylation is 1. The molecule has 1 heterocycles. The van der Waals surface area contributed by atoms with Crippen LogP contribution in [0.25, 0.3) is 11.3 Å². The number of hydrogen-bond donors (Lipinski definition) is 0. The van der Waals surface area contributed by atoms with Crippen LogP contribution in [0.5, 0.6) is 0 Å². The summed E-state index contributed by atoms with van der Waals surface area (Å²) in [6.07, 6.45) is 8.64. The van der Waals surface area contributed by atoms with E-state index < -0.39 is 31.3 Å². The van der Waals surface area contributed by atoms with Crippen molar-refractivity contribution in [2.75, 3.05) is 18.8 Å². The molecule has 0 bridgehead atoms. The molecule has 0 saturated heterocycles. The Balaban J connectivity index is 2.80. The summed E-state index contributed by atoms with van der Waals surface area (Å²) in [7, 11) is 26.1. The molecule has 2 aromatic rings. The first-order chi connectivity index (χ1) is 13.7. The zero-order valence-corrected chi connectivity index (χ0v) is 21.9. The molecule has 1 aromatic carbocycles. The van der Waals surface area contributed by atoms with Gasteiger partial charge in [0.05, 0.1) is 37.1 Å². The molecule has 0 N–H and O–H groups in total. The van der Waals surface area contributed by atoms with Crippen LogP contribution in [0.1, 0.15) is 58.2 Å². The summed E-state index contributed by atoms with van der Waals surface area (Å²) < 4.78 is 0. The molecule has 8 radical (unpaired) electrons. The quantitative estimate of drug-likeness (QED) is 0.616. The van der Waals surface area contributed by atoms with Gasteiger partial charge in [-0.1, -0.05) is 63.6 Å². The average molecular weight is 425 g/mol. The number of aromatic nitrogens is 1. The Labute approximate surface area is 197 Å². The molecule has 158 valence electrons. The smallest absolute Gasteiger partial charge is 0.0707 e. The molecule has 0 aliphatic carbocycles. The molecule has 1 aromatic heterocycles. The molecule has 0 fully saturated rings. The maximum Gasteiger partial charge on any atom is 0.0707 e. The van der Waals surface area contributed by atoms with Gasteiger partial charge in [0, 0.05) is 11.8 Å². The maximum atomic E-state index is 6.76. The molecule has 2 rings (SSSR count). The average Bonchev–Trinajstić information content (AvgIpc) is 2.58. The van der Waals surface area contributed by atoms with Crippen molar-refractivity contribution in [2.24, 2.45) is 10.8 Å². The van der Waals surface area contributed by atoms with Crippen molar-refractivity contribution >= 4 is 41.4 Å². The lowest BCUT2D eigenvalue weighted by molar-refractivity contribution is 0.335. The zero-order chi connectivity index (χ0) is 24.2. The second kappa shape index (κ2) is 8.08. The van der Waals surface area contributed by atoms with Crippen LogP contribution >= 0.6 is 10.0 Å². The molecule has 0 spiro atoms. The predicted molar refractivity (Wildman–Crippen MR) is 143 cm³/mol. The molecule has 0 unspecified atom stereocenters. The van der Waals surface area contributed by atoms with Crippen molar-refractivity contribution in [2.45, 2.75) is 63.8 Å². The second-order valence-corrected chi connectivity index (χ2v) is 15.8. The fourth-order valence-corrected chi connectivity index (χ4v) is 4.39. The lowest BCUT2D eigenvalue weighted by Gasteiger charge is -2.48. The molecule has 1 nitrogen and oxygen atoms in total. The fourth-order valence-electron chi connectivity index (χ4n) is 3.39. The number of pyridine rings is 1. The van der Waals surface area contributed by atoms with E-state index in [1.165, 1.54) is 10.5 Å². The molecule has 0 aliphatic rings. The van der Waals surface area contributed by atoms with E-state index in [1.807, 2.05) is 47.6 Å². The van der Waals surface area contributed by atoms with Gasteiger partial charge in [0.15, 0.2) is 0 Å². The first kappa shape index (κ1) is 26.2. The fraction of sp³-hybridized carbons (Fsp3) is 0.560. The van der Waals surface area contributed by atoms with Crippen LogP contribution in [-0.2, 0) is 10.4 Å². The van der Waals surface area contributed by atoms with Gasteiger partial charge in [-0.25, -0.2) is 10.0 Å². The lowest BCUT2D eigenvalue weighted by Crippen LogP contribution is -2.47. The van der Waals surface area contributed by atoms with E-state index in [1.54, 1.807) is 6.20 Å². The summed E-state index contributed by atoms with van der Waals surface area (Å²) in [5, 5.41) is -2.31. The van der Waals surface area contributed by atoms with Crippen molar-refractivity contribution in [3.63, 3.8) is 0 Å². The van der Waals surface area contributed by atoms with Gasteiger partial charge in [0.25, 0.3) is 0 Å². The summed E-state index contributed by atoms with van der Waals surface area (Å²) in [6.45, 7) is 14.2. The van der Waals surface area contributed by atoms with Crippen LogP contribution in [0.15, 0.2) is 35.4 Å². The minimum absolute atomic E-state index is 0.425. The number of hydrogen-bond acceptors (Lipinski definition) is 1. The third-order valence-electron chi connectivity index (χ3n) is 6.46. The maximum absolute atomic E-state index is 6.76. The van der Waals surface area contributed by atoms with E-state index in [2.05, 4.69) is 43.9 Å². The lowest BCUT2D eigenvalue weighted by atomic mass is 9.35. The first-order valence-electron chi connectivity index (χ1n) is 10.7. The van der Waals surface area contributed by atoms with Crippen LogP contribution in [0, 0.1) is 17.8 Å². The molecule has 0 saturated carbocycles. The first-order valence-corrected chi connectivity index (χ1v) is 13.5. The van der Waals surface area contributed by atoms with Gasteiger partial charge in [-0.2, -0.15) is 0 Å². The van der Waals surface area contributed by atoms with Gasteiger partial charge in [0.1, 0.15) is 0 Å². The standard InChI is InChI=1S/C25H35B4NS/c1-16-13-17(31(8,9)10)11-12-18(16)21-14-19(24(26,27)22(2,3)4)20(15-30-21)25(28,29)23(5,6)7/h11-15H,1-10H3. The van der Waals surface area contributed by atoms with Crippen LogP contribution in [0.3, 0.4) is 0 Å². The van der Waals surface area contributed by atoms with Gasteiger partial charge in [-0.05, 0) is 70.7 Å². The summed E-state index contributed by atoms with van der Waals surface area (Å²) in [5.74, 6) is 0. The van der Waals surface area contributed by atoms with E-state index in [0.717, 1.165) is 16.8 Å². The summed E-state index contributed by atoms with van der Waals surface area (Å²) in [6, 6.07) is 8.57. The minimum Gasteiger partial charge on any atom is -0.256 e. The molecular weight excluding hydrogens is 390 g/mol. The highest BCUT2D eigenvalue weighted by Gasteiger charge is 2.41. The highest BCUT2D eigenvalue weighted by Crippen LogP contribution is 2.47. The third kappa shape index (κ3) is 5.00. The molecule has 0 atom stereocenters. The van der Waals surface area contributed by atoms with E-state index in [-0.39, 0.29) is 0 Å². The Bertz CT molecular complexity index is 961. The molecule has 0 amide bonds. The SMILES string of the molecule is [B]C([B])(c1cnc(-c2ccc(S(C)(C)C)cc2C)cc1C([B])([B])C(C)(C)C)C(C)(C)C. The summed E-state index contributed by atoms with van der Waals surface area (Å²) in [4.78, 5) is 6.14. The normalized spacial score (nSPS) is 14.5. The van der Waals surface area contributed by atoms with Crippen molar-refractivity contribution in [1.29, 1.82) is 0 Å². The number of benzene rings is 1. The molecule has 31 heavy (non-hydrogen) atoms. The van der Waals surface area contributed by atoms with E-state index >= 15 is 0 Å². The minimum atomic E-state index is -1.16. The number of nitrogens with zero attached hydrogens (tertiary/aromatic N) is 1. The largest absolute Gasteiger partial charge is 0.256 e. The van der Waals surface area contributed by atoms with E-state index in [9.17, 15) is 0 Å². The van der Waals surface area contributed by atoms with Crippen molar-refractivity contribution in [3.05, 3.63) is 47.2 Å². The van der Waals surface area contributed by atoms with Crippen LogP contribution in [0.4, 0.5) is 0 Å². The highest BCUT2D eigenvalue weighted by atomic mass is 32.3. The van der Waals surface area contributed by atoms with Crippen LogP contribution in [-0.4, -0.2) is 55.1 Å². The zero-order valence-electron chi connectivity index (χ0n) is 21.1. The Morgan fingerprint density at radius 2 is 1.23 bits per heavy atom. The molecular formula is C25H35B4NS. The van der Waals surface area contributed by atoms with Gasteiger partial charge in [-0.3, -0.25) is 4.98 Å². The Kier molecular flexibility index (Phi) is 6.84. The third-order valence-corrected chi connectivity index (χ3v) is 8.13. The highest BCUT2D eigenvalue weighted by molar-refractivity contribution is 8.32. The predicted octanol–water partition coefficient (Wildman–Crippen LogP) is 5.18. The Hall–Kier alpha value is -1.02. The van der Waals surface area contributed by atoms with Gasteiger partial charge >= 0.3 is 0 Å². The van der Waals surface area contributed by atoms with Gasteiger partial charge in [-0.15, -0.1) is 0 Å². The van der Waals surface area contributed by atoms with Gasteiger partial charge in [0.2, 0.25) is 0 Å². The number of rotatable bonds is 4. The van der Waals surface area contributed by atoms with Crippen molar-refractivity contribution in [1.82, 2.24) is 4.98 Å². The Morgan fingerprint density at radius 3 is 1.65 bits per heavy atom. The molecule has 6 heteroatoms. The van der Waals surface area contributed by atoms with Crippen LogP contribution < -0.4 is 0 Å². The van der Waals surface area contributed by atoms with E-state index in [0.29, 0.717) is 5.56 Å². The molecule has 0 aliphatic heterocycles. The summed E-state index contributed by atoms with van der Waals surface area (Å²) >= 11 is 0. The Morgan fingerprint density at radius 1 is 0.742 bits per heavy atom. The second-order valence-electron chi connectivity index (χ2n) is 11.7. The van der Waals surface area contributed by atoms with Crippen molar-refractivity contribution in [3.8, 4) is 11.3 Å².